The van der Waals surface area contributed by atoms with E-state index >= 15 is 0 Å². The lowest BCUT2D eigenvalue weighted by Gasteiger charge is -2.22. The molecule has 0 aliphatic carbocycles. The number of hydrogen-bond acceptors (Lipinski definition) is 4. The van der Waals surface area contributed by atoms with E-state index in [2.05, 4.69) is 27.7 Å². The Morgan fingerprint density at radius 1 is 0.862 bits per heavy atom. The first-order valence-electron chi connectivity index (χ1n) is 10.2. The number of carbonyl (C=O) groups excluding carboxylic acids is 2. The number of rotatable bonds is 7. The number of nitrogens with zero attached hydrogens (tertiary/aromatic N) is 1. The zero-order chi connectivity index (χ0) is 20.5. The number of hydrogen-bond donors (Lipinski definition) is 2. The van der Waals surface area contributed by atoms with Crippen LogP contribution in [-0.4, -0.2) is 36.4 Å². The molecule has 2 N–H and O–H groups in total. The van der Waals surface area contributed by atoms with Gasteiger partial charge in [-0.25, -0.2) is 0 Å². The van der Waals surface area contributed by atoms with Crippen LogP contribution in [0.25, 0.3) is 0 Å². The fraction of sp³-hybridized carbons (Fsp3) is 0.391. The molecule has 0 atom stereocenters. The molecule has 1 fully saturated rings. The lowest BCUT2D eigenvalue weighted by molar-refractivity contribution is -0.114. The second-order valence-corrected chi connectivity index (χ2v) is 8.39. The first kappa shape index (κ1) is 21.2. The maximum absolute atomic E-state index is 12.2. The minimum atomic E-state index is -0.102. The molecule has 6 heteroatoms. The van der Waals surface area contributed by atoms with Crippen LogP contribution in [0.2, 0.25) is 0 Å². The molecule has 0 saturated carbocycles. The minimum absolute atomic E-state index is 0.0964. The van der Waals surface area contributed by atoms with E-state index in [0.717, 1.165) is 30.0 Å². The maximum atomic E-state index is 12.2. The number of aryl methyl sites for hydroxylation is 1. The van der Waals surface area contributed by atoms with Crippen molar-refractivity contribution in [3.05, 3.63) is 54.1 Å². The van der Waals surface area contributed by atoms with Gasteiger partial charge in [-0.1, -0.05) is 25.0 Å². The van der Waals surface area contributed by atoms with Gasteiger partial charge in [-0.3, -0.25) is 9.59 Å². The van der Waals surface area contributed by atoms with Crippen molar-refractivity contribution in [3.8, 4) is 0 Å². The van der Waals surface area contributed by atoms with Gasteiger partial charge in [0, 0.05) is 30.2 Å². The summed E-state index contributed by atoms with van der Waals surface area (Å²) in [7, 11) is 0. The highest BCUT2D eigenvalue weighted by atomic mass is 32.2. The Labute approximate surface area is 177 Å². The Hall–Kier alpha value is -2.47. The lowest BCUT2D eigenvalue weighted by atomic mass is 10.2. The van der Waals surface area contributed by atoms with Crippen molar-refractivity contribution >= 4 is 40.6 Å². The van der Waals surface area contributed by atoms with Gasteiger partial charge in [0.2, 0.25) is 11.8 Å². The monoisotopic (exact) mass is 411 g/mol. The van der Waals surface area contributed by atoms with Crippen LogP contribution < -0.4 is 15.5 Å². The highest BCUT2D eigenvalue weighted by Gasteiger charge is 2.10. The molecule has 0 radical (unpaired) electrons. The third-order valence-corrected chi connectivity index (χ3v) is 5.82. The number of carbonyl (C=O) groups is 2. The predicted octanol–water partition coefficient (Wildman–Crippen LogP) is 4.69. The standard InChI is InChI=1S/C23H29N3O2S/c1-18-7-6-8-20(15-18)25-23(28)17-29-16-22(27)24-19-9-11-21(12-10-19)26-13-4-2-3-5-14-26/h6-12,15H,2-5,13-14,16-17H2,1H3,(H,24,27)(H,25,28). The van der Waals surface area contributed by atoms with Crippen molar-refractivity contribution < 1.29 is 9.59 Å². The van der Waals surface area contributed by atoms with Gasteiger partial charge < -0.3 is 15.5 Å². The largest absolute Gasteiger partial charge is 0.372 e. The van der Waals surface area contributed by atoms with Crippen LogP contribution in [-0.2, 0) is 9.59 Å². The van der Waals surface area contributed by atoms with Crippen LogP contribution in [0.3, 0.4) is 0 Å². The zero-order valence-corrected chi connectivity index (χ0v) is 17.8. The van der Waals surface area contributed by atoms with Crippen LogP contribution in [0.15, 0.2) is 48.5 Å². The second-order valence-electron chi connectivity index (χ2n) is 7.41. The molecule has 0 aromatic heterocycles. The summed E-state index contributed by atoms with van der Waals surface area (Å²) < 4.78 is 0. The van der Waals surface area contributed by atoms with Gasteiger partial charge in [0.05, 0.1) is 11.5 Å². The van der Waals surface area contributed by atoms with Crippen LogP contribution in [0, 0.1) is 6.92 Å². The number of thioether (sulfide) groups is 1. The van der Waals surface area contributed by atoms with E-state index in [1.54, 1.807) is 0 Å². The molecule has 1 aliphatic heterocycles. The molecule has 29 heavy (non-hydrogen) atoms. The molecule has 154 valence electrons. The van der Waals surface area contributed by atoms with Crippen LogP contribution in [0.1, 0.15) is 31.2 Å². The molecule has 0 spiro atoms. The number of nitrogens with one attached hydrogen (secondary N) is 2. The summed E-state index contributed by atoms with van der Waals surface area (Å²) in [6, 6.07) is 15.7. The van der Waals surface area contributed by atoms with Crippen molar-refractivity contribution in [2.24, 2.45) is 0 Å². The normalized spacial score (nSPS) is 14.2. The molecule has 0 unspecified atom stereocenters. The van der Waals surface area contributed by atoms with Gasteiger partial charge in [0.15, 0.2) is 0 Å². The lowest BCUT2D eigenvalue weighted by Crippen LogP contribution is -2.23. The van der Waals surface area contributed by atoms with Crippen molar-refractivity contribution in [1.29, 1.82) is 0 Å². The van der Waals surface area contributed by atoms with E-state index in [1.165, 1.54) is 43.1 Å². The highest BCUT2D eigenvalue weighted by Crippen LogP contribution is 2.21. The van der Waals surface area contributed by atoms with Crippen molar-refractivity contribution in [3.63, 3.8) is 0 Å². The molecule has 1 aliphatic rings. The molecule has 2 aromatic rings. The Bertz CT molecular complexity index is 815. The van der Waals surface area contributed by atoms with E-state index in [-0.39, 0.29) is 23.3 Å². The smallest absolute Gasteiger partial charge is 0.234 e. The van der Waals surface area contributed by atoms with Crippen LogP contribution in [0.5, 0.6) is 0 Å². The Morgan fingerprint density at radius 3 is 2.10 bits per heavy atom. The van der Waals surface area contributed by atoms with E-state index < -0.39 is 0 Å². The topological polar surface area (TPSA) is 61.4 Å². The average Bonchev–Trinajstić information content (AvgIpc) is 2.98. The number of amides is 2. The summed E-state index contributed by atoms with van der Waals surface area (Å²) in [6.07, 6.45) is 5.11. The fourth-order valence-electron chi connectivity index (χ4n) is 3.44. The molecule has 0 bridgehead atoms. The molecule has 1 heterocycles. The van der Waals surface area contributed by atoms with E-state index in [0.29, 0.717) is 0 Å². The van der Waals surface area contributed by atoms with Gasteiger partial charge in [0.25, 0.3) is 0 Å². The maximum Gasteiger partial charge on any atom is 0.234 e. The average molecular weight is 412 g/mol. The van der Waals surface area contributed by atoms with E-state index in [9.17, 15) is 9.59 Å². The summed E-state index contributed by atoms with van der Waals surface area (Å²) in [5, 5.41) is 5.76. The highest BCUT2D eigenvalue weighted by molar-refractivity contribution is 8.00. The summed E-state index contributed by atoms with van der Waals surface area (Å²) in [4.78, 5) is 26.6. The van der Waals surface area contributed by atoms with Gasteiger partial charge in [0.1, 0.15) is 0 Å². The molecule has 2 amide bonds. The molecular formula is C23H29N3O2S. The quantitative estimate of drug-likeness (QED) is 0.694. The summed E-state index contributed by atoms with van der Waals surface area (Å²) in [5.41, 5.74) is 3.88. The first-order valence-corrected chi connectivity index (χ1v) is 11.3. The fourth-order valence-corrected chi connectivity index (χ4v) is 4.06. The van der Waals surface area contributed by atoms with Gasteiger partial charge >= 0.3 is 0 Å². The Kier molecular flexibility index (Phi) is 7.99. The Balaban J connectivity index is 1.39. The molecule has 1 saturated heterocycles. The molecule has 3 rings (SSSR count). The SMILES string of the molecule is Cc1cccc(NC(=O)CSCC(=O)Nc2ccc(N3CCCCCC3)cc2)c1. The Morgan fingerprint density at radius 2 is 1.48 bits per heavy atom. The third-order valence-electron chi connectivity index (χ3n) is 4.89. The van der Waals surface area contributed by atoms with E-state index in [1.807, 2.05) is 43.3 Å². The number of benzene rings is 2. The van der Waals surface area contributed by atoms with Gasteiger partial charge in [-0.05, 0) is 61.7 Å². The number of anilines is 3. The third kappa shape index (κ3) is 7.13. The minimum Gasteiger partial charge on any atom is -0.372 e. The van der Waals surface area contributed by atoms with Crippen molar-refractivity contribution in [1.82, 2.24) is 0 Å². The predicted molar refractivity (Wildman–Crippen MR) is 123 cm³/mol. The molecular weight excluding hydrogens is 382 g/mol. The van der Waals surface area contributed by atoms with Gasteiger partial charge in [-0.15, -0.1) is 11.8 Å². The molecule has 5 nitrogen and oxygen atoms in total. The van der Waals surface area contributed by atoms with Crippen LogP contribution >= 0.6 is 11.8 Å². The van der Waals surface area contributed by atoms with Gasteiger partial charge in [-0.2, -0.15) is 0 Å². The first-order chi connectivity index (χ1) is 14.1. The zero-order valence-electron chi connectivity index (χ0n) is 16.9. The van der Waals surface area contributed by atoms with Crippen molar-refractivity contribution in [2.75, 3.05) is 40.1 Å². The van der Waals surface area contributed by atoms with Crippen LogP contribution in [0.4, 0.5) is 17.1 Å². The summed E-state index contributed by atoms with van der Waals surface area (Å²) in [6.45, 7) is 4.19. The van der Waals surface area contributed by atoms with E-state index in [4.69, 9.17) is 0 Å². The molecule has 2 aromatic carbocycles. The second kappa shape index (κ2) is 10.9. The summed E-state index contributed by atoms with van der Waals surface area (Å²) in [5.74, 6) is 0.292. The summed E-state index contributed by atoms with van der Waals surface area (Å²) >= 11 is 1.31. The van der Waals surface area contributed by atoms with Crippen molar-refractivity contribution in [2.45, 2.75) is 32.6 Å².